The van der Waals surface area contributed by atoms with Gasteiger partial charge in [0.05, 0.1) is 5.69 Å². The molecule has 0 saturated carbocycles. The Balaban J connectivity index is 1.56. The second-order valence-corrected chi connectivity index (χ2v) is 7.85. The number of likely N-dealkylation sites (tertiary alicyclic amines) is 1. The van der Waals surface area contributed by atoms with Gasteiger partial charge in [0.2, 0.25) is 0 Å². The van der Waals surface area contributed by atoms with Crippen LogP contribution in [0.2, 0.25) is 0 Å². The number of hydrogen-bond acceptors (Lipinski definition) is 4. The van der Waals surface area contributed by atoms with Crippen LogP contribution >= 0.6 is 0 Å². The lowest BCUT2D eigenvalue weighted by atomic mass is 9.92. The summed E-state index contributed by atoms with van der Waals surface area (Å²) in [4.78, 5) is 46.8. The Morgan fingerprint density at radius 2 is 1.77 bits per heavy atom. The van der Waals surface area contributed by atoms with Crippen LogP contribution in [0.4, 0.5) is 4.39 Å². The lowest BCUT2D eigenvalue weighted by Gasteiger charge is -2.32. The molecule has 0 unspecified atom stereocenters. The van der Waals surface area contributed by atoms with E-state index in [9.17, 15) is 18.8 Å². The third kappa shape index (κ3) is 4.19. The normalized spacial score (nSPS) is 14.6. The molecule has 0 aliphatic carbocycles. The first-order chi connectivity index (χ1) is 14.8. The van der Waals surface area contributed by atoms with Crippen molar-refractivity contribution in [3.8, 4) is 5.69 Å². The second-order valence-electron chi connectivity index (χ2n) is 7.85. The van der Waals surface area contributed by atoms with E-state index in [1.165, 1.54) is 34.9 Å². The van der Waals surface area contributed by atoms with Gasteiger partial charge >= 0.3 is 0 Å². The standard InChI is InChI=1S/C23H23FN4O3/c1-14-7-12-28(18-5-3-17(24)4-6-18)23(31)21(14)22(30)27-10-8-16(9-11-27)19-13-20(29)26-15(2)25-19/h3-7,12-13,16H,8-11H2,1-2H3,(H,25,26,29). The molecule has 0 atom stereocenters. The van der Waals surface area contributed by atoms with Crippen LogP contribution in [0, 0.1) is 19.7 Å². The van der Waals surface area contributed by atoms with E-state index < -0.39 is 11.4 Å². The molecule has 8 heteroatoms. The van der Waals surface area contributed by atoms with Crippen molar-refractivity contribution in [3.05, 3.63) is 91.8 Å². The SMILES string of the molecule is Cc1nc(C2CCN(C(=O)c3c(C)ccn(-c4ccc(F)cc4)c3=O)CC2)cc(=O)[nH]1. The number of pyridine rings is 1. The zero-order valence-electron chi connectivity index (χ0n) is 17.4. The van der Waals surface area contributed by atoms with E-state index in [-0.39, 0.29) is 22.9 Å². The van der Waals surface area contributed by atoms with Gasteiger partial charge in [0.1, 0.15) is 17.2 Å². The van der Waals surface area contributed by atoms with Crippen LogP contribution in [-0.2, 0) is 0 Å². The molecule has 0 radical (unpaired) electrons. The number of hydrogen-bond donors (Lipinski definition) is 1. The predicted molar refractivity (Wildman–Crippen MR) is 114 cm³/mol. The van der Waals surface area contributed by atoms with Crippen LogP contribution in [0.15, 0.2) is 52.2 Å². The van der Waals surface area contributed by atoms with Crippen LogP contribution in [0.3, 0.4) is 0 Å². The molecule has 1 saturated heterocycles. The first-order valence-corrected chi connectivity index (χ1v) is 10.2. The van der Waals surface area contributed by atoms with Crippen LogP contribution < -0.4 is 11.1 Å². The van der Waals surface area contributed by atoms with Crippen molar-refractivity contribution in [2.45, 2.75) is 32.6 Å². The van der Waals surface area contributed by atoms with Gasteiger partial charge in [0, 0.05) is 37.0 Å². The van der Waals surface area contributed by atoms with E-state index in [1.807, 2.05) is 0 Å². The predicted octanol–water partition coefficient (Wildman–Crippen LogP) is 2.70. The summed E-state index contributed by atoms with van der Waals surface area (Å²) < 4.78 is 14.6. The lowest BCUT2D eigenvalue weighted by molar-refractivity contribution is 0.0709. The largest absolute Gasteiger partial charge is 0.338 e. The number of amides is 1. The maximum absolute atomic E-state index is 13.2. The number of aromatic amines is 1. The quantitative estimate of drug-likeness (QED) is 0.703. The third-order valence-electron chi connectivity index (χ3n) is 5.70. The average Bonchev–Trinajstić information content (AvgIpc) is 2.74. The van der Waals surface area contributed by atoms with Crippen molar-refractivity contribution >= 4 is 5.91 Å². The Kier molecular flexibility index (Phi) is 5.54. The molecule has 0 spiro atoms. The topological polar surface area (TPSA) is 88.1 Å². The monoisotopic (exact) mass is 422 g/mol. The molecular formula is C23H23FN4O3. The highest BCUT2D eigenvalue weighted by molar-refractivity contribution is 5.95. The summed E-state index contributed by atoms with van der Waals surface area (Å²) in [6, 6.07) is 8.78. The molecule has 1 N–H and O–H groups in total. The molecule has 2 aromatic heterocycles. The number of nitrogens with zero attached hydrogens (tertiary/aromatic N) is 3. The highest BCUT2D eigenvalue weighted by Gasteiger charge is 2.28. The van der Waals surface area contributed by atoms with Crippen LogP contribution in [0.1, 0.15) is 46.2 Å². The number of aromatic nitrogens is 3. The molecule has 31 heavy (non-hydrogen) atoms. The summed E-state index contributed by atoms with van der Waals surface area (Å²) in [5.74, 6) is -0.0410. The van der Waals surface area contributed by atoms with E-state index in [0.717, 1.165) is 5.69 Å². The van der Waals surface area contributed by atoms with E-state index in [1.54, 1.807) is 31.0 Å². The van der Waals surface area contributed by atoms with Gasteiger partial charge in [-0.3, -0.25) is 19.0 Å². The summed E-state index contributed by atoms with van der Waals surface area (Å²) in [5.41, 5.74) is 1.35. The summed E-state index contributed by atoms with van der Waals surface area (Å²) in [7, 11) is 0. The van der Waals surface area contributed by atoms with Crippen LogP contribution in [-0.4, -0.2) is 38.4 Å². The molecule has 1 aromatic carbocycles. The van der Waals surface area contributed by atoms with Gasteiger partial charge in [-0.15, -0.1) is 0 Å². The molecule has 3 aromatic rings. The van der Waals surface area contributed by atoms with E-state index in [2.05, 4.69) is 9.97 Å². The van der Waals surface area contributed by atoms with Gasteiger partial charge in [0.15, 0.2) is 0 Å². The summed E-state index contributed by atoms with van der Waals surface area (Å²) >= 11 is 0. The molecule has 1 amide bonds. The zero-order valence-corrected chi connectivity index (χ0v) is 17.4. The fraction of sp³-hybridized carbons (Fsp3) is 0.304. The molecule has 4 rings (SSSR count). The minimum Gasteiger partial charge on any atom is -0.338 e. The molecule has 1 aliphatic rings. The molecule has 3 heterocycles. The third-order valence-corrected chi connectivity index (χ3v) is 5.70. The zero-order chi connectivity index (χ0) is 22.1. The first-order valence-electron chi connectivity index (χ1n) is 10.2. The second kappa shape index (κ2) is 8.29. The molecule has 0 bridgehead atoms. The van der Waals surface area contributed by atoms with Gasteiger partial charge < -0.3 is 9.88 Å². The molecule has 160 valence electrons. The maximum atomic E-state index is 13.2. The highest BCUT2D eigenvalue weighted by Crippen LogP contribution is 2.27. The fourth-order valence-electron chi connectivity index (χ4n) is 4.04. The first kappa shape index (κ1) is 20.7. The number of carbonyl (C=O) groups excluding carboxylic acids is 1. The minimum atomic E-state index is -0.425. The van der Waals surface area contributed by atoms with Crippen LogP contribution in [0.5, 0.6) is 0 Å². The maximum Gasteiger partial charge on any atom is 0.268 e. The number of H-pyrrole nitrogens is 1. The number of aryl methyl sites for hydroxylation is 2. The Labute approximate surface area is 178 Å². The summed E-state index contributed by atoms with van der Waals surface area (Å²) in [6.07, 6.45) is 2.92. The average molecular weight is 422 g/mol. The number of halogens is 1. The molecule has 7 nitrogen and oxygen atoms in total. The van der Waals surface area contributed by atoms with Crippen molar-refractivity contribution in [2.75, 3.05) is 13.1 Å². The Hall–Kier alpha value is -3.55. The van der Waals surface area contributed by atoms with Gasteiger partial charge in [-0.1, -0.05) is 0 Å². The minimum absolute atomic E-state index is 0.0952. The lowest BCUT2D eigenvalue weighted by Crippen LogP contribution is -2.41. The Morgan fingerprint density at radius 1 is 1.10 bits per heavy atom. The summed E-state index contributed by atoms with van der Waals surface area (Å²) in [6.45, 7) is 4.43. The van der Waals surface area contributed by atoms with Crippen molar-refractivity contribution in [1.82, 2.24) is 19.4 Å². The fourth-order valence-corrected chi connectivity index (χ4v) is 4.04. The number of rotatable bonds is 3. The highest BCUT2D eigenvalue weighted by atomic mass is 19.1. The Morgan fingerprint density at radius 3 is 2.42 bits per heavy atom. The van der Waals surface area contributed by atoms with Gasteiger partial charge in [-0.2, -0.15) is 0 Å². The Bertz CT molecular complexity index is 1240. The molecule has 1 aliphatic heterocycles. The number of benzene rings is 1. The van der Waals surface area contributed by atoms with Gasteiger partial charge in [-0.25, -0.2) is 9.37 Å². The van der Waals surface area contributed by atoms with Crippen molar-refractivity contribution in [1.29, 1.82) is 0 Å². The van der Waals surface area contributed by atoms with Gasteiger partial charge in [-0.05, 0) is 62.6 Å². The van der Waals surface area contributed by atoms with Crippen molar-refractivity contribution < 1.29 is 9.18 Å². The molecular weight excluding hydrogens is 399 g/mol. The van der Waals surface area contributed by atoms with E-state index in [4.69, 9.17) is 0 Å². The van der Waals surface area contributed by atoms with Crippen molar-refractivity contribution in [2.24, 2.45) is 0 Å². The van der Waals surface area contributed by atoms with E-state index in [0.29, 0.717) is 43.0 Å². The number of carbonyl (C=O) groups is 1. The smallest absolute Gasteiger partial charge is 0.268 e. The number of nitrogens with one attached hydrogen (secondary N) is 1. The van der Waals surface area contributed by atoms with E-state index >= 15 is 0 Å². The molecule has 1 fully saturated rings. The van der Waals surface area contributed by atoms with Gasteiger partial charge in [0.25, 0.3) is 17.0 Å². The number of piperidine rings is 1. The van der Waals surface area contributed by atoms with Crippen LogP contribution in [0.25, 0.3) is 5.69 Å². The summed E-state index contributed by atoms with van der Waals surface area (Å²) in [5, 5.41) is 0. The van der Waals surface area contributed by atoms with Crippen molar-refractivity contribution in [3.63, 3.8) is 0 Å².